The van der Waals surface area contributed by atoms with Gasteiger partial charge in [-0.15, -0.1) is 0 Å². The number of halogens is 2. The van der Waals surface area contributed by atoms with Crippen LogP contribution in [0.1, 0.15) is 0 Å². The van der Waals surface area contributed by atoms with Crippen molar-refractivity contribution < 1.29 is 9.18 Å². The first kappa shape index (κ1) is 11.8. The summed E-state index contributed by atoms with van der Waals surface area (Å²) in [6.07, 6.45) is 0. The summed E-state index contributed by atoms with van der Waals surface area (Å²) in [5, 5.41) is 2.89. The van der Waals surface area contributed by atoms with Crippen LogP contribution in [0.2, 0.25) is 5.02 Å². The van der Waals surface area contributed by atoms with E-state index in [9.17, 15) is 9.18 Å². The molecule has 82 valence electrons. The van der Waals surface area contributed by atoms with Crippen molar-refractivity contribution in [1.82, 2.24) is 4.90 Å². The lowest BCUT2D eigenvalue weighted by molar-refractivity contribution is -0.126. The van der Waals surface area contributed by atoms with Gasteiger partial charge in [-0.2, -0.15) is 0 Å². The van der Waals surface area contributed by atoms with Crippen LogP contribution in [0, 0.1) is 5.82 Å². The molecular weight excluding hydrogens is 219 g/mol. The molecule has 0 aliphatic heterocycles. The van der Waals surface area contributed by atoms with Crippen molar-refractivity contribution >= 4 is 23.2 Å². The molecule has 0 radical (unpaired) electrons. The molecule has 1 rings (SSSR count). The maximum Gasteiger partial charge on any atom is 0.241 e. The quantitative estimate of drug-likeness (QED) is 0.861. The minimum Gasteiger partial charge on any atom is -0.376 e. The molecule has 15 heavy (non-hydrogen) atoms. The average molecular weight is 231 g/mol. The maximum absolute atomic E-state index is 12.8. The molecule has 1 aromatic rings. The Morgan fingerprint density at radius 1 is 1.53 bits per heavy atom. The molecule has 0 aromatic heterocycles. The monoisotopic (exact) mass is 230 g/mol. The number of nitrogens with zero attached hydrogens (tertiary/aromatic N) is 1. The predicted octanol–water partition coefficient (Wildman–Crippen LogP) is 1.98. The zero-order chi connectivity index (χ0) is 11.4. The molecule has 0 heterocycles. The fourth-order valence-electron chi connectivity index (χ4n) is 0.942. The van der Waals surface area contributed by atoms with E-state index < -0.39 is 5.82 Å². The Hall–Kier alpha value is -1.29. The SMILES string of the molecule is CN(C)C(=O)CNc1ccc(F)c(Cl)c1. The second kappa shape index (κ2) is 4.98. The van der Waals surface area contributed by atoms with Crippen LogP contribution in [0.5, 0.6) is 0 Å². The van der Waals surface area contributed by atoms with E-state index in [0.717, 1.165) is 0 Å². The second-order valence-corrected chi connectivity index (χ2v) is 3.68. The third-order valence-electron chi connectivity index (χ3n) is 1.86. The maximum atomic E-state index is 12.8. The Morgan fingerprint density at radius 2 is 2.20 bits per heavy atom. The van der Waals surface area contributed by atoms with Gasteiger partial charge in [0.15, 0.2) is 0 Å². The largest absolute Gasteiger partial charge is 0.376 e. The Labute approximate surface area is 92.8 Å². The van der Waals surface area contributed by atoms with Crippen LogP contribution in [-0.2, 0) is 4.79 Å². The van der Waals surface area contributed by atoms with Crippen molar-refractivity contribution in [2.45, 2.75) is 0 Å². The number of rotatable bonds is 3. The first-order valence-corrected chi connectivity index (χ1v) is 4.77. The summed E-state index contributed by atoms with van der Waals surface area (Å²) in [4.78, 5) is 12.7. The summed E-state index contributed by atoms with van der Waals surface area (Å²) in [5.74, 6) is -0.531. The van der Waals surface area contributed by atoms with Crippen molar-refractivity contribution in [2.75, 3.05) is 26.0 Å². The molecule has 1 N–H and O–H groups in total. The molecule has 0 atom stereocenters. The van der Waals surface area contributed by atoms with Crippen molar-refractivity contribution in [2.24, 2.45) is 0 Å². The molecule has 5 heteroatoms. The molecule has 0 unspecified atom stereocenters. The van der Waals surface area contributed by atoms with Gasteiger partial charge in [0.1, 0.15) is 5.82 Å². The molecule has 0 fully saturated rings. The summed E-state index contributed by atoms with van der Waals surface area (Å²) in [5.41, 5.74) is 0.622. The van der Waals surface area contributed by atoms with Gasteiger partial charge in [0, 0.05) is 19.8 Å². The van der Waals surface area contributed by atoms with Gasteiger partial charge in [0.2, 0.25) is 5.91 Å². The van der Waals surface area contributed by atoms with E-state index in [-0.39, 0.29) is 17.5 Å². The number of hydrogen-bond donors (Lipinski definition) is 1. The second-order valence-electron chi connectivity index (χ2n) is 3.27. The molecule has 0 spiro atoms. The highest BCUT2D eigenvalue weighted by molar-refractivity contribution is 6.31. The van der Waals surface area contributed by atoms with E-state index >= 15 is 0 Å². The number of nitrogens with one attached hydrogen (secondary N) is 1. The van der Waals surface area contributed by atoms with Crippen molar-refractivity contribution in [3.63, 3.8) is 0 Å². The zero-order valence-corrected chi connectivity index (χ0v) is 9.31. The van der Waals surface area contributed by atoms with E-state index in [0.29, 0.717) is 5.69 Å². The molecule has 1 amide bonds. The summed E-state index contributed by atoms with van der Waals surface area (Å²) >= 11 is 5.58. The van der Waals surface area contributed by atoms with Gasteiger partial charge in [0.05, 0.1) is 11.6 Å². The lowest BCUT2D eigenvalue weighted by Crippen LogP contribution is -2.28. The molecule has 0 aliphatic carbocycles. The third-order valence-corrected chi connectivity index (χ3v) is 2.15. The number of benzene rings is 1. The van der Waals surface area contributed by atoms with Gasteiger partial charge in [-0.25, -0.2) is 4.39 Å². The summed E-state index contributed by atoms with van der Waals surface area (Å²) < 4.78 is 12.8. The number of carbonyl (C=O) groups excluding carboxylic acids is 1. The van der Waals surface area contributed by atoms with Gasteiger partial charge in [-0.3, -0.25) is 4.79 Å². The van der Waals surface area contributed by atoms with Crippen molar-refractivity contribution in [1.29, 1.82) is 0 Å². The van der Waals surface area contributed by atoms with Gasteiger partial charge >= 0.3 is 0 Å². The van der Waals surface area contributed by atoms with E-state index in [1.807, 2.05) is 0 Å². The lowest BCUT2D eigenvalue weighted by atomic mass is 10.3. The normalized spacial score (nSPS) is 9.87. The van der Waals surface area contributed by atoms with Crippen molar-refractivity contribution in [3.8, 4) is 0 Å². The molecular formula is C10H12ClFN2O. The minimum atomic E-state index is -0.471. The summed E-state index contributed by atoms with van der Waals surface area (Å²) in [6.45, 7) is 0.162. The Bertz CT molecular complexity index is 368. The lowest BCUT2D eigenvalue weighted by Gasteiger charge is -2.11. The predicted molar refractivity (Wildman–Crippen MR) is 58.6 cm³/mol. The molecule has 1 aromatic carbocycles. The topological polar surface area (TPSA) is 32.3 Å². The molecule has 0 saturated carbocycles. The van der Waals surface area contributed by atoms with E-state index in [4.69, 9.17) is 11.6 Å². The molecule has 3 nitrogen and oxygen atoms in total. The fourth-order valence-corrected chi connectivity index (χ4v) is 1.12. The van der Waals surface area contributed by atoms with Gasteiger partial charge in [-0.1, -0.05) is 11.6 Å². The van der Waals surface area contributed by atoms with E-state index in [1.54, 1.807) is 14.1 Å². The molecule has 0 bridgehead atoms. The van der Waals surface area contributed by atoms with Crippen LogP contribution >= 0.6 is 11.6 Å². The van der Waals surface area contributed by atoms with Crippen LogP contribution in [-0.4, -0.2) is 31.4 Å². The fraction of sp³-hybridized carbons (Fsp3) is 0.300. The van der Waals surface area contributed by atoms with Gasteiger partial charge < -0.3 is 10.2 Å². The van der Waals surface area contributed by atoms with Gasteiger partial charge in [0.25, 0.3) is 0 Å². The van der Waals surface area contributed by atoms with E-state index in [1.165, 1.54) is 23.1 Å². The van der Waals surface area contributed by atoms with Crippen LogP contribution in [0.15, 0.2) is 18.2 Å². The summed E-state index contributed by atoms with van der Waals surface area (Å²) in [7, 11) is 3.34. The smallest absolute Gasteiger partial charge is 0.241 e. The standard InChI is InChI=1S/C10H12ClFN2O/c1-14(2)10(15)6-13-7-3-4-9(12)8(11)5-7/h3-5,13H,6H2,1-2H3. The summed E-state index contributed by atoms with van der Waals surface area (Å²) in [6, 6.07) is 4.23. The Balaban J connectivity index is 2.58. The first-order chi connectivity index (χ1) is 7.00. The number of amides is 1. The van der Waals surface area contributed by atoms with E-state index in [2.05, 4.69) is 5.32 Å². The van der Waals surface area contributed by atoms with Crippen molar-refractivity contribution in [3.05, 3.63) is 29.0 Å². The highest BCUT2D eigenvalue weighted by Gasteiger charge is 2.04. The highest BCUT2D eigenvalue weighted by Crippen LogP contribution is 2.18. The number of carbonyl (C=O) groups is 1. The number of anilines is 1. The van der Waals surface area contributed by atoms with Crippen LogP contribution < -0.4 is 5.32 Å². The Kier molecular flexibility index (Phi) is 3.91. The van der Waals surface area contributed by atoms with Crippen LogP contribution in [0.25, 0.3) is 0 Å². The first-order valence-electron chi connectivity index (χ1n) is 4.40. The third kappa shape index (κ3) is 3.40. The zero-order valence-electron chi connectivity index (χ0n) is 8.55. The van der Waals surface area contributed by atoms with Gasteiger partial charge in [-0.05, 0) is 18.2 Å². The average Bonchev–Trinajstić information content (AvgIpc) is 2.19. The van der Waals surface area contributed by atoms with Crippen LogP contribution in [0.4, 0.5) is 10.1 Å². The highest BCUT2D eigenvalue weighted by atomic mass is 35.5. The molecule has 0 aliphatic rings. The molecule has 0 saturated heterocycles. The number of hydrogen-bond acceptors (Lipinski definition) is 2. The minimum absolute atomic E-state index is 0.0392. The Morgan fingerprint density at radius 3 is 2.73 bits per heavy atom. The number of likely N-dealkylation sites (N-methyl/N-ethyl adjacent to an activating group) is 1. The van der Waals surface area contributed by atoms with Crippen LogP contribution in [0.3, 0.4) is 0 Å².